The van der Waals surface area contributed by atoms with Crippen LogP contribution in [0.3, 0.4) is 0 Å². The van der Waals surface area contributed by atoms with E-state index in [4.69, 9.17) is 11.6 Å². The normalized spacial score (nSPS) is 11.4. The van der Waals surface area contributed by atoms with Gasteiger partial charge in [0.15, 0.2) is 5.82 Å². The number of hydrogen-bond acceptors (Lipinski definition) is 3. The Labute approximate surface area is 142 Å². The molecule has 7 heteroatoms. The van der Waals surface area contributed by atoms with E-state index in [-0.39, 0.29) is 22.6 Å². The minimum Gasteiger partial charge on any atom is -0.478 e. The molecule has 0 unspecified atom stereocenters. The molecular formula is C17H16ClN3O3. The Bertz CT molecular complexity index is 1020. The Morgan fingerprint density at radius 3 is 2.67 bits per heavy atom. The van der Waals surface area contributed by atoms with Crippen molar-refractivity contribution in [2.75, 3.05) is 0 Å². The van der Waals surface area contributed by atoms with E-state index in [0.29, 0.717) is 22.0 Å². The SMILES string of the molecule is Cc1ccc(-c2nn3cc(C(=O)O)c(C(C)C)c3c(=O)[nH]2)cc1Cl. The lowest BCUT2D eigenvalue weighted by Crippen LogP contribution is -2.15. The summed E-state index contributed by atoms with van der Waals surface area (Å²) in [6.45, 7) is 5.56. The lowest BCUT2D eigenvalue weighted by atomic mass is 10.0. The Morgan fingerprint density at radius 2 is 2.08 bits per heavy atom. The highest BCUT2D eigenvalue weighted by atomic mass is 35.5. The van der Waals surface area contributed by atoms with Gasteiger partial charge in [-0.05, 0) is 24.5 Å². The summed E-state index contributed by atoms with van der Waals surface area (Å²) in [7, 11) is 0. The van der Waals surface area contributed by atoms with Gasteiger partial charge in [-0.3, -0.25) is 4.79 Å². The van der Waals surface area contributed by atoms with E-state index in [2.05, 4.69) is 10.1 Å². The van der Waals surface area contributed by atoms with Crippen molar-refractivity contribution < 1.29 is 9.90 Å². The van der Waals surface area contributed by atoms with Crippen molar-refractivity contribution >= 4 is 23.1 Å². The summed E-state index contributed by atoms with van der Waals surface area (Å²) in [5.74, 6) is -0.871. The predicted molar refractivity (Wildman–Crippen MR) is 92.0 cm³/mol. The fourth-order valence-corrected chi connectivity index (χ4v) is 2.92. The van der Waals surface area contributed by atoms with Crippen molar-refractivity contribution in [3.63, 3.8) is 0 Å². The van der Waals surface area contributed by atoms with Gasteiger partial charge in [-0.25, -0.2) is 9.31 Å². The maximum absolute atomic E-state index is 12.5. The molecule has 1 aromatic carbocycles. The Hall–Kier alpha value is -2.60. The minimum atomic E-state index is -1.08. The number of fused-ring (bicyclic) bond motifs is 1. The van der Waals surface area contributed by atoms with Gasteiger partial charge in [0.1, 0.15) is 5.52 Å². The van der Waals surface area contributed by atoms with Crippen molar-refractivity contribution in [2.45, 2.75) is 26.7 Å². The molecule has 0 fully saturated rings. The molecule has 3 aromatic rings. The zero-order valence-electron chi connectivity index (χ0n) is 13.4. The summed E-state index contributed by atoms with van der Waals surface area (Å²) in [6, 6.07) is 5.35. The molecule has 2 N–H and O–H groups in total. The quantitative estimate of drug-likeness (QED) is 0.760. The molecule has 24 heavy (non-hydrogen) atoms. The van der Waals surface area contributed by atoms with Gasteiger partial charge in [-0.2, -0.15) is 0 Å². The molecule has 124 valence electrons. The van der Waals surface area contributed by atoms with Crippen LogP contribution in [0, 0.1) is 6.92 Å². The van der Waals surface area contributed by atoms with Gasteiger partial charge in [-0.1, -0.05) is 37.6 Å². The molecule has 0 bridgehead atoms. The molecule has 0 saturated carbocycles. The number of aromatic nitrogens is 3. The number of halogens is 1. The standard InChI is InChI=1S/C17H16ClN3O3/c1-8(2)13-11(17(23)24)7-21-14(13)16(22)19-15(20-21)10-5-4-9(3)12(18)6-10/h4-8H,1-3H3,(H,23,24)(H,19,20,22). The minimum absolute atomic E-state index is 0.0853. The van der Waals surface area contributed by atoms with Crippen LogP contribution < -0.4 is 5.56 Å². The molecular weight excluding hydrogens is 330 g/mol. The van der Waals surface area contributed by atoms with Gasteiger partial charge in [0, 0.05) is 22.3 Å². The fraction of sp³-hybridized carbons (Fsp3) is 0.235. The number of aromatic amines is 1. The predicted octanol–water partition coefficient (Wildman–Crippen LogP) is 3.47. The maximum Gasteiger partial charge on any atom is 0.337 e. The average Bonchev–Trinajstić information content (AvgIpc) is 2.90. The van der Waals surface area contributed by atoms with Crippen molar-refractivity contribution in [3.8, 4) is 11.4 Å². The van der Waals surface area contributed by atoms with Crippen molar-refractivity contribution in [2.24, 2.45) is 0 Å². The first kappa shape index (κ1) is 16.3. The number of benzene rings is 1. The van der Waals surface area contributed by atoms with Crippen molar-refractivity contribution in [1.29, 1.82) is 0 Å². The Morgan fingerprint density at radius 1 is 1.38 bits per heavy atom. The molecule has 0 spiro atoms. The lowest BCUT2D eigenvalue weighted by Gasteiger charge is -2.07. The summed E-state index contributed by atoms with van der Waals surface area (Å²) < 4.78 is 1.33. The summed E-state index contributed by atoms with van der Waals surface area (Å²) in [5, 5.41) is 14.3. The number of carbonyl (C=O) groups is 1. The molecule has 0 aliphatic heterocycles. The molecule has 0 radical (unpaired) electrons. The Kier molecular flexibility index (Phi) is 3.93. The number of aromatic carboxylic acids is 1. The zero-order valence-corrected chi connectivity index (χ0v) is 14.2. The smallest absolute Gasteiger partial charge is 0.337 e. The number of aryl methyl sites for hydroxylation is 1. The maximum atomic E-state index is 12.5. The summed E-state index contributed by atoms with van der Waals surface area (Å²) >= 11 is 6.13. The highest BCUT2D eigenvalue weighted by Gasteiger charge is 2.22. The molecule has 2 aromatic heterocycles. The monoisotopic (exact) mass is 345 g/mol. The lowest BCUT2D eigenvalue weighted by molar-refractivity contribution is 0.0695. The molecule has 0 amide bonds. The van der Waals surface area contributed by atoms with E-state index in [9.17, 15) is 14.7 Å². The fourth-order valence-electron chi connectivity index (χ4n) is 2.74. The topological polar surface area (TPSA) is 87.5 Å². The highest BCUT2D eigenvalue weighted by molar-refractivity contribution is 6.31. The van der Waals surface area contributed by atoms with Crippen LogP contribution in [0.1, 0.15) is 41.3 Å². The largest absolute Gasteiger partial charge is 0.478 e. The van der Waals surface area contributed by atoms with E-state index < -0.39 is 5.97 Å². The first-order chi connectivity index (χ1) is 11.3. The van der Waals surface area contributed by atoms with Crippen LogP contribution in [0.5, 0.6) is 0 Å². The van der Waals surface area contributed by atoms with Gasteiger partial charge < -0.3 is 10.1 Å². The van der Waals surface area contributed by atoms with Crippen LogP contribution in [0.2, 0.25) is 5.02 Å². The molecule has 0 saturated heterocycles. The Balaban J connectivity index is 2.30. The molecule has 0 aliphatic carbocycles. The highest BCUT2D eigenvalue weighted by Crippen LogP contribution is 2.26. The second-order valence-electron chi connectivity index (χ2n) is 5.98. The molecule has 6 nitrogen and oxygen atoms in total. The van der Waals surface area contributed by atoms with Gasteiger partial charge in [0.25, 0.3) is 5.56 Å². The third kappa shape index (κ3) is 2.59. The van der Waals surface area contributed by atoms with E-state index in [1.54, 1.807) is 12.1 Å². The number of H-pyrrole nitrogens is 1. The van der Waals surface area contributed by atoms with Crippen LogP contribution >= 0.6 is 11.6 Å². The second-order valence-corrected chi connectivity index (χ2v) is 6.38. The molecule has 0 aliphatic rings. The van der Waals surface area contributed by atoms with Gasteiger partial charge in [0.05, 0.1) is 5.56 Å². The van der Waals surface area contributed by atoms with Crippen LogP contribution in [-0.4, -0.2) is 25.7 Å². The van der Waals surface area contributed by atoms with E-state index in [1.165, 1.54) is 10.7 Å². The number of hydrogen-bond donors (Lipinski definition) is 2. The van der Waals surface area contributed by atoms with Crippen LogP contribution in [0.4, 0.5) is 0 Å². The van der Waals surface area contributed by atoms with Crippen molar-refractivity contribution in [1.82, 2.24) is 14.6 Å². The van der Waals surface area contributed by atoms with E-state index in [0.717, 1.165) is 5.56 Å². The van der Waals surface area contributed by atoms with Gasteiger partial charge in [0.2, 0.25) is 0 Å². The second kappa shape index (κ2) is 5.79. The number of rotatable bonds is 3. The third-order valence-corrected chi connectivity index (χ3v) is 4.34. The first-order valence-electron chi connectivity index (χ1n) is 7.45. The first-order valence-corrected chi connectivity index (χ1v) is 7.82. The molecule has 2 heterocycles. The van der Waals surface area contributed by atoms with Gasteiger partial charge in [-0.15, -0.1) is 5.10 Å². The van der Waals surface area contributed by atoms with Crippen LogP contribution in [-0.2, 0) is 0 Å². The number of carboxylic acids is 1. The van der Waals surface area contributed by atoms with E-state index >= 15 is 0 Å². The number of nitrogens with one attached hydrogen (secondary N) is 1. The van der Waals surface area contributed by atoms with Crippen molar-refractivity contribution in [3.05, 3.63) is 56.5 Å². The third-order valence-electron chi connectivity index (χ3n) is 3.93. The molecule has 3 rings (SSSR count). The summed E-state index contributed by atoms with van der Waals surface area (Å²) in [6.07, 6.45) is 1.38. The van der Waals surface area contributed by atoms with E-state index in [1.807, 2.05) is 26.8 Å². The van der Waals surface area contributed by atoms with Crippen LogP contribution in [0.25, 0.3) is 16.9 Å². The summed E-state index contributed by atoms with van der Waals surface area (Å²) in [5.41, 5.74) is 2.01. The summed E-state index contributed by atoms with van der Waals surface area (Å²) in [4.78, 5) is 26.7. The average molecular weight is 346 g/mol. The zero-order chi connectivity index (χ0) is 17.6. The van der Waals surface area contributed by atoms with Gasteiger partial charge >= 0.3 is 5.97 Å². The molecule has 0 atom stereocenters. The number of carboxylic acid groups (broad SMARTS) is 1. The van der Waals surface area contributed by atoms with Crippen LogP contribution in [0.15, 0.2) is 29.2 Å². The number of nitrogens with zero attached hydrogens (tertiary/aromatic N) is 2.